The predicted octanol–water partition coefficient (Wildman–Crippen LogP) is 1.27. The van der Waals surface area contributed by atoms with E-state index in [1.54, 1.807) is 15.6 Å². The summed E-state index contributed by atoms with van der Waals surface area (Å²) in [5.74, 6) is 0.241. The van der Waals surface area contributed by atoms with Crippen LogP contribution in [0.1, 0.15) is 17.8 Å². The third kappa shape index (κ3) is 5.17. The van der Waals surface area contributed by atoms with Crippen molar-refractivity contribution in [2.24, 2.45) is 5.92 Å². The molecule has 0 saturated carbocycles. The Hall–Kier alpha value is -2.19. The molecular formula is C17H20Cl2N6O2. The summed E-state index contributed by atoms with van der Waals surface area (Å²) in [6, 6.07) is 7.39. The highest BCUT2D eigenvalue weighted by Crippen LogP contribution is 2.21. The number of fused-ring (bicyclic) bond motifs is 1. The van der Waals surface area contributed by atoms with Gasteiger partial charge in [-0.1, -0.05) is 23.7 Å². The lowest BCUT2D eigenvalue weighted by atomic mass is 9.98. The summed E-state index contributed by atoms with van der Waals surface area (Å²) >= 11 is 11.6. The van der Waals surface area contributed by atoms with Crippen molar-refractivity contribution < 1.29 is 9.59 Å². The summed E-state index contributed by atoms with van der Waals surface area (Å²) in [6.45, 7) is 1.59. The Bertz CT molecular complexity index is 812. The van der Waals surface area contributed by atoms with Gasteiger partial charge in [-0.2, -0.15) is 0 Å². The number of carbonyl (C=O) groups is 2. The Morgan fingerprint density at radius 1 is 1.37 bits per heavy atom. The van der Waals surface area contributed by atoms with Gasteiger partial charge in [-0.25, -0.2) is 4.68 Å². The third-order valence-electron chi connectivity index (χ3n) is 4.46. The van der Waals surface area contributed by atoms with Crippen LogP contribution in [0.25, 0.3) is 0 Å². The fraction of sp³-hybridized carbons (Fsp3) is 0.471. The van der Waals surface area contributed by atoms with Gasteiger partial charge in [-0.3, -0.25) is 9.59 Å². The number of tetrazole rings is 1. The number of carbonyl (C=O) groups excluding carboxylic acids is 2. The first-order chi connectivity index (χ1) is 13.1. The number of nitrogens with zero attached hydrogens (tertiary/aromatic N) is 5. The zero-order chi connectivity index (χ0) is 19.2. The van der Waals surface area contributed by atoms with Gasteiger partial charge in [0.15, 0.2) is 5.82 Å². The second-order valence-electron chi connectivity index (χ2n) is 6.39. The first kappa shape index (κ1) is 19.6. The van der Waals surface area contributed by atoms with Gasteiger partial charge in [-0.05, 0) is 34.5 Å². The van der Waals surface area contributed by atoms with E-state index in [1.807, 2.05) is 18.2 Å². The molecule has 3 rings (SSSR count). The highest BCUT2D eigenvalue weighted by molar-refractivity contribution is 6.30. The van der Waals surface area contributed by atoms with E-state index in [-0.39, 0.29) is 23.6 Å². The van der Waals surface area contributed by atoms with Gasteiger partial charge in [0.05, 0.1) is 12.5 Å². The molecule has 144 valence electrons. The molecule has 1 aliphatic rings. The third-order valence-corrected chi connectivity index (χ3v) is 4.94. The molecule has 0 fully saturated rings. The lowest BCUT2D eigenvalue weighted by Gasteiger charge is -2.29. The molecule has 1 atom stereocenters. The number of hydrogen-bond donors (Lipinski definition) is 1. The van der Waals surface area contributed by atoms with Gasteiger partial charge in [0, 0.05) is 31.1 Å². The first-order valence-electron chi connectivity index (χ1n) is 8.67. The van der Waals surface area contributed by atoms with Crippen LogP contribution in [-0.2, 0) is 29.1 Å². The number of rotatable bonds is 7. The first-order valence-corrected chi connectivity index (χ1v) is 9.59. The van der Waals surface area contributed by atoms with Crippen LogP contribution >= 0.6 is 23.2 Å². The fourth-order valence-corrected chi connectivity index (χ4v) is 3.42. The number of amides is 2. The lowest BCUT2D eigenvalue weighted by Crippen LogP contribution is -2.43. The van der Waals surface area contributed by atoms with E-state index < -0.39 is 0 Å². The fourth-order valence-electron chi connectivity index (χ4n) is 3.11. The molecule has 1 N–H and O–H groups in total. The molecule has 1 aliphatic heterocycles. The number of alkyl halides is 1. The minimum absolute atomic E-state index is 0.0104. The molecule has 2 aromatic rings. The zero-order valence-electron chi connectivity index (χ0n) is 14.6. The number of halogens is 2. The van der Waals surface area contributed by atoms with Crippen LogP contribution in [0.15, 0.2) is 24.3 Å². The standard InChI is InChI=1S/C17H20Cl2N6O2/c18-9-16(26)20-6-7-24(10-12-2-1-3-14(19)8-12)17(27)13-4-5-15-21-22-23-25(15)11-13/h1-3,8,13H,4-7,9-11H2,(H,20,26). The Labute approximate surface area is 166 Å². The molecule has 27 heavy (non-hydrogen) atoms. The summed E-state index contributed by atoms with van der Waals surface area (Å²) in [4.78, 5) is 26.3. The Morgan fingerprint density at radius 2 is 2.22 bits per heavy atom. The normalized spacial score (nSPS) is 15.9. The van der Waals surface area contributed by atoms with E-state index in [0.29, 0.717) is 44.0 Å². The second kappa shape index (κ2) is 9.14. The van der Waals surface area contributed by atoms with Crippen molar-refractivity contribution in [3.63, 3.8) is 0 Å². The molecule has 1 aromatic heterocycles. The number of aromatic nitrogens is 4. The molecule has 0 spiro atoms. The SMILES string of the molecule is O=C(CCl)NCCN(Cc1cccc(Cl)c1)C(=O)C1CCc2nnnn2C1. The highest BCUT2D eigenvalue weighted by atomic mass is 35.5. The van der Waals surface area contributed by atoms with Crippen molar-refractivity contribution in [1.29, 1.82) is 0 Å². The Kier molecular flexibility index (Phi) is 6.63. The summed E-state index contributed by atoms with van der Waals surface area (Å²) in [6.07, 6.45) is 1.36. The van der Waals surface area contributed by atoms with Gasteiger partial charge in [0.25, 0.3) is 0 Å². The van der Waals surface area contributed by atoms with Crippen LogP contribution in [0.4, 0.5) is 0 Å². The molecule has 2 amide bonds. The van der Waals surface area contributed by atoms with Gasteiger partial charge < -0.3 is 10.2 Å². The van der Waals surface area contributed by atoms with E-state index in [0.717, 1.165) is 11.4 Å². The number of hydrogen-bond acceptors (Lipinski definition) is 5. The van der Waals surface area contributed by atoms with Crippen LogP contribution < -0.4 is 5.32 Å². The Balaban J connectivity index is 1.69. The number of benzene rings is 1. The monoisotopic (exact) mass is 410 g/mol. The van der Waals surface area contributed by atoms with Crippen molar-refractivity contribution in [2.45, 2.75) is 25.9 Å². The second-order valence-corrected chi connectivity index (χ2v) is 7.09. The summed E-state index contributed by atoms with van der Waals surface area (Å²) in [5, 5.41) is 14.9. The summed E-state index contributed by atoms with van der Waals surface area (Å²) in [7, 11) is 0. The molecule has 10 heteroatoms. The smallest absolute Gasteiger partial charge is 0.234 e. The molecule has 2 heterocycles. The maximum Gasteiger partial charge on any atom is 0.234 e. The van der Waals surface area contributed by atoms with Crippen molar-refractivity contribution >= 4 is 35.0 Å². The molecular weight excluding hydrogens is 391 g/mol. The molecule has 8 nitrogen and oxygen atoms in total. The van der Waals surface area contributed by atoms with Crippen molar-refractivity contribution in [3.8, 4) is 0 Å². The highest BCUT2D eigenvalue weighted by Gasteiger charge is 2.29. The molecule has 0 aliphatic carbocycles. The average molecular weight is 411 g/mol. The quantitative estimate of drug-likeness (QED) is 0.693. The number of aryl methyl sites for hydroxylation is 1. The van der Waals surface area contributed by atoms with Gasteiger partial charge in [-0.15, -0.1) is 16.7 Å². The largest absolute Gasteiger partial charge is 0.353 e. The van der Waals surface area contributed by atoms with Gasteiger partial charge >= 0.3 is 0 Å². The van der Waals surface area contributed by atoms with E-state index in [1.165, 1.54) is 0 Å². The van der Waals surface area contributed by atoms with Crippen molar-refractivity contribution in [3.05, 3.63) is 40.7 Å². The number of nitrogens with one attached hydrogen (secondary N) is 1. The maximum atomic E-state index is 13.1. The van der Waals surface area contributed by atoms with Crippen LogP contribution in [0.5, 0.6) is 0 Å². The van der Waals surface area contributed by atoms with Gasteiger partial charge in [0.2, 0.25) is 11.8 Å². The predicted molar refractivity (Wildman–Crippen MR) is 100 cm³/mol. The van der Waals surface area contributed by atoms with Crippen LogP contribution in [0.2, 0.25) is 5.02 Å². The maximum absolute atomic E-state index is 13.1. The molecule has 1 aromatic carbocycles. The molecule has 0 saturated heterocycles. The summed E-state index contributed by atoms with van der Waals surface area (Å²) in [5.41, 5.74) is 0.929. The van der Waals surface area contributed by atoms with Crippen molar-refractivity contribution in [1.82, 2.24) is 30.4 Å². The van der Waals surface area contributed by atoms with Crippen molar-refractivity contribution in [2.75, 3.05) is 19.0 Å². The van der Waals surface area contributed by atoms with E-state index in [2.05, 4.69) is 20.8 Å². The minimum Gasteiger partial charge on any atom is -0.353 e. The average Bonchev–Trinajstić information content (AvgIpc) is 3.14. The van der Waals surface area contributed by atoms with E-state index in [9.17, 15) is 9.59 Å². The van der Waals surface area contributed by atoms with Crippen LogP contribution in [-0.4, -0.2) is 55.9 Å². The van der Waals surface area contributed by atoms with Gasteiger partial charge in [0.1, 0.15) is 5.88 Å². The van der Waals surface area contributed by atoms with E-state index in [4.69, 9.17) is 23.2 Å². The lowest BCUT2D eigenvalue weighted by molar-refractivity contribution is -0.137. The molecule has 0 bridgehead atoms. The van der Waals surface area contributed by atoms with Crippen LogP contribution in [0.3, 0.4) is 0 Å². The zero-order valence-corrected chi connectivity index (χ0v) is 16.2. The topological polar surface area (TPSA) is 93.0 Å². The Morgan fingerprint density at radius 3 is 3.00 bits per heavy atom. The minimum atomic E-state index is -0.261. The summed E-state index contributed by atoms with van der Waals surface area (Å²) < 4.78 is 1.68. The molecule has 1 unspecified atom stereocenters. The van der Waals surface area contributed by atoms with E-state index >= 15 is 0 Å². The van der Waals surface area contributed by atoms with Crippen LogP contribution in [0, 0.1) is 5.92 Å². The molecule has 0 radical (unpaired) electrons.